The summed E-state index contributed by atoms with van der Waals surface area (Å²) in [6, 6.07) is 14.4. The molecule has 0 radical (unpaired) electrons. The van der Waals surface area contributed by atoms with Gasteiger partial charge in [0.2, 0.25) is 0 Å². The zero-order chi connectivity index (χ0) is 20.3. The standard InChI is InChI=1S/C12H10O2.2C2H2O4/c13-11-8-4-7-10(12(11)14)9-5-2-1-3-6-9;2*3-1(4)2(5)6/h1-8,13-14H;2*(H,3,4)(H,5,6). The molecule has 26 heavy (non-hydrogen) atoms. The van der Waals surface area contributed by atoms with Crippen molar-refractivity contribution in [1.82, 2.24) is 0 Å². The van der Waals surface area contributed by atoms with Crippen molar-refractivity contribution in [3.05, 3.63) is 48.5 Å². The molecule has 2 rings (SSSR count). The van der Waals surface area contributed by atoms with Crippen LogP contribution in [-0.4, -0.2) is 54.5 Å². The molecule has 0 bridgehead atoms. The molecule has 0 unspecified atom stereocenters. The van der Waals surface area contributed by atoms with Gasteiger partial charge in [0.05, 0.1) is 0 Å². The summed E-state index contributed by atoms with van der Waals surface area (Å²) in [5.41, 5.74) is 1.53. The average molecular weight is 366 g/mol. The van der Waals surface area contributed by atoms with Crippen molar-refractivity contribution in [2.45, 2.75) is 0 Å². The molecule has 0 amide bonds. The highest BCUT2D eigenvalue weighted by molar-refractivity contribution is 6.27. The summed E-state index contributed by atoms with van der Waals surface area (Å²) in [4.78, 5) is 36.4. The van der Waals surface area contributed by atoms with E-state index < -0.39 is 23.9 Å². The molecule has 0 aliphatic carbocycles. The minimum absolute atomic E-state index is 0.0706. The van der Waals surface area contributed by atoms with Crippen molar-refractivity contribution < 1.29 is 49.8 Å². The maximum atomic E-state index is 9.60. The summed E-state index contributed by atoms with van der Waals surface area (Å²) in [5, 5.41) is 48.5. The highest BCUT2D eigenvalue weighted by Gasteiger charge is 2.06. The van der Waals surface area contributed by atoms with E-state index in [2.05, 4.69) is 0 Å². The molecule has 0 fully saturated rings. The van der Waals surface area contributed by atoms with Crippen LogP contribution in [0.15, 0.2) is 48.5 Å². The molecular weight excluding hydrogens is 352 g/mol. The first-order valence-electron chi connectivity index (χ1n) is 6.56. The van der Waals surface area contributed by atoms with E-state index in [1.807, 2.05) is 30.3 Å². The van der Waals surface area contributed by atoms with Gasteiger partial charge in [-0.1, -0.05) is 42.5 Å². The van der Waals surface area contributed by atoms with Crippen LogP contribution in [0.2, 0.25) is 0 Å². The van der Waals surface area contributed by atoms with Gasteiger partial charge >= 0.3 is 23.9 Å². The first-order valence-corrected chi connectivity index (χ1v) is 6.56. The molecule has 0 aliphatic heterocycles. The SMILES string of the molecule is O=C(O)C(=O)O.O=C(O)C(=O)O.Oc1cccc(-c2ccccc2)c1O. The van der Waals surface area contributed by atoms with Gasteiger partial charge in [-0.25, -0.2) is 19.2 Å². The molecule has 0 spiro atoms. The van der Waals surface area contributed by atoms with Gasteiger partial charge in [0.15, 0.2) is 11.5 Å². The largest absolute Gasteiger partial charge is 0.504 e. The number of para-hydroxylation sites is 1. The topological polar surface area (TPSA) is 190 Å². The fourth-order valence-corrected chi connectivity index (χ4v) is 1.38. The van der Waals surface area contributed by atoms with Crippen LogP contribution in [0.1, 0.15) is 0 Å². The van der Waals surface area contributed by atoms with Crippen LogP contribution in [-0.2, 0) is 19.2 Å². The molecule has 138 valence electrons. The van der Waals surface area contributed by atoms with Crippen LogP contribution in [0.4, 0.5) is 0 Å². The Morgan fingerprint density at radius 3 is 1.38 bits per heavy atom. The number of phenols is 2. The lowest BCUT2D eigenvalue weighted by Crippen LogP contribution is -2.09. The van der Waals surface area contributed by atoms with Crippen LogP contribution >= 0.6 is 0 Å². The van der Waals surface area contributed by atoms with E-state index in [0.717, 1.165) is 5.56 Å². The lowest BCUT2D eigenvalue weighted by atomic mass is 10.0. The Morgan fingerprint density at radius 1 is 0.577 bits per heavy atom. The van der Waals surface area contributed by atoms with Gasteiger partial charge in [-0.3, -0.25) is 0 Å². The molecular formula is C16H14O10. The van der Waals surface area contributed by atoms with E-state index in [-0.39, 0.29) is 11.5 Å². The normalized spacial score (nSPS) is 8.77. The predicted octanol–water partition coefficient (Wildman–Crippen LogP) is 1.08. The quantitative estimate of drug-likeness (QED) is 0.314. The Kier molecular flexibility index (Phi) is 8.98. The number of carboxylic acids is 4. The second-order valence-electron chi connectivity index (χ2n) is 4.26. The third-order valence-electron chi connectivity index (χ3n) is 2.47. The van der Waals surface area contributed by atoms with E-state index in [9.17, 15) is 10.2 Å². The second-order valence-corrected chi connectivity index (χ2v) is 4.26. The van der Waals surface area contributed by atoms with E-state index in [1.54, 1.807) is 12.1 Å². The third-order valence-corrected chi connectivity index (χ3v) is 2.47. The maximum Gasteiger partial charge on any atom is 0.414 e. The Morgan fingerprint density at radius 2 is 1.00 bits per heavy atom. The van der Waals surface area contributed by atoms with Crippen LogP contribution in [0.25, 0.3) is 11.1 Å². The van der Waals surface area contributed by atoms with E-state index in [1.165, 1.54) is 6.07 Å². The van der Waals surface area contributed by atoms with Gasteiger partial charge < -0.3 is 30.6 Å². The number of benzene rings is 2. The number of carboxylic acid groups (broad SMARTS) is 4. The van der Waals surface area contributed by atoms with Crippen LogP contribution in [0.3, 0.4) is 0 Å². The molecule has 0 atom stereocenters. The van der Waals surface area contributed by atoms with E-state index in [0.29, 0.717) is 5.56 Å². The van der Waals surface area contributed by atoms with Crippen molar-refractivity contribution in [3.63, 3.8) is 0 Å². The van der Waals surface area contributed by atoms with Gasteiger partial charge in [0.1, 0.15) is 0 Å². The molecule has 6 N–H and O–H groups in total. The summed E-state index contributed by atoms with van der Waals surface area (Å²) in [5.74, 6) is -7.46. The number of aliphatic carboxylic acids is 4. The van der Waals surface area contributed by atoms with Crippen LogP contribution < -0.4 is 0 Å². The Labute approximate surface area is 145 Å². The maximum absolute atomic E-state index is 9.60. The first kappa shape index (κ1) is 21.9. The van der Waals surface area contributed by atoms with Crippen LogP contribution in [0, 0.1) is 0 Å². The van der Waals surface area contributed by atoms with E-state index in [4.69, 9.17) is 39.6 Å². The third kappa shape index (κ3) is 7.97. The summed E-state index contributed by atoms with van der Waals surface area (Å²) in [6.45, 7) is 0. The second kappa shape index (κ2) is 10.6. The summed E-state index contributed by atoms with van der Waals surface area (Å²) < 4.78 is 0. The van der Waals surface area contributed by atoms with Crippen molar-refractivity contribution in [3.8, 4) is 22.6 Å². The van der Waals surface area contributed by atoms with Gasteiger partial charge in [0, 0.05) is 5.56 Å². The number of hydrogen-bond acceptors (Lipinski definition) is 6. The number of aromatic hydroxyl groups is 2. The molecule has 2 aromatic carbocycles. The number of phenolic OH excluding ortho intramolecular Hbond substituents is 2. The average Bonchev–Trinajstić information content (AvgIpc) is 2.59. The summed E-state index contributed by atoms with van der Waals surface area (Å²) in [7, 11) is 0. The monoisotopic (exact) mass is 366 g/mol. The van der Waals surface area contributed by atoms with Gasteiger partial charge in [0.25, 0.3) is 0 Å². The lowest BCUT2D eigenvalue weighted by Gasteiger charge is -2.05. The highest BCUT2D eigenvalue weighted by Crippen LogP contribution is 2.35. The molecule has 2 aromatic rings. The Balaban J connectivity index is 0.000000437. The molecule has 0 saturated carbocycles. The molecule has 0 saturated heterocycles. The molecule has 10 heteroatoms. The number of rotatable bonds is 1. The minimum atomic E-state index is -1.82. The van der Waals surface area contributed by atoms with Crippen molar-refractivity contribution in [1.29, 1.82) is 0 Å². The van der Waals surface area contributed by atoms with Gasteiger partial charge in [-0.2, -0.15) is 0 Å². The lowest BCUT2D eigenvalue weighted by molar-refractivity contribution is -0.159. The zero-order valence-electron chi connectivity index (χ0n) is 12.9. The Bertz CT molecular complexity index is 735. The van der Waals surface area contributed by atoms with Crippen molar-refractivity contribution in [2.75, 3.05) is 0 Å². The molecule has 10 nitrogen and oxygen atoms in total. The van der Waals surface area contributed by atoms with Crippen molar-refractivity contribution in [2.24, 2.45) is 0 Å². The predicted molar refractivity (Wildman–Crippen MR) is 85.8 cm³/mol. The van der Waals surface area contributed by atoms with Crippen molar-refractivity contribution >= 4 is 23.9 Å². The number of hydrogen-bond donors (Lipinski definition) is 6. The highest BCUT2D eigenvalue weighted by atomic mass is 16.4. The summed E-state index contributed by atoms with van der Waals surface area (Å²) in [6.07, 6.45) is 0. The smallest absolute Gasteiger partial charge is 0.414 e. The fraction of sp³-hybridized carbons (Fsp3) is 0. The van der Waals surface area contributed by atoms with E-state index >= 15 is 0 Å². The minimum Gasteiger partial charge on any atom is -0.504 e. The Hall–Kier alpha value is -4.08. The fourth-order valence-electron chi connectivity index (χ4n) is 1.38. The molecule has 0 aromatic heterocycles. The van der Waals surface area contributed by atoms with Gasteiger partial charge in [-0.15, -0.1) is 0 Å². The molecule has 0 heterocycles. The zero-order valence-corrected chi connectivity index (χ0v) is 12.9. The first-order chi connectivity index (χ1) is 12.1. The van der Waals surface area contributed by atoms with Gasteiger partial charge in [-0.05, 0) is 11.6 Å². The molecule has 0 aliphatic rings. The van der Waals surface area contributed by atoms with Crippen LogP contribution in [0.5, 0.6) is 11.5 Å². The summed E-state index contributed by atoms with van der Waals surface area (Å²) >= 11 is 0. The number of carbonyl (C=O) groups is 4.